The van der Waals surface area contributed by atoms with Crippen LogP contribution in [0.3, 0.4) is 0 Å². The Hall–Kier alpha value is -1.75. The molecule has 1 saturated heterocycles. The molecule has 3 heterocycles. The van der Waals surface area contributed by atoms with Crippen molar-refractivity contribution >= 4 is 11.0 Å². The number of aryl methyl sites for hydroxylation is 1. The summed E-state index contributed by atoms with van der Waals surface area (Å²) in [4.78, 5) is 4.89. The van der Waals surface area contributed by atoms with Gasteiger partial charge in [-0.3, -0.25) is 0 Å². The normalized spacial score (nSPS) is 18.5. The standard InChI is InChI=1S/C18H25N3O2/c1-2-3-18-20-14-10-16-17(23-9-8-22-16)11-15(14)21(18)12-13-4-6-19-7-5-13/h10-11,13,19H,2-9,12H2,1H3. The number of benzene rings is 1. The van der Waals surface area contributed by atoms with Crippen LogP contribution in [0.1, 0.15) is 32.0 Å². The molecule has 0 amide bonds. The Morgan fingerprint density at radius 3 is 2.65 bits per heavy atom. The van der Waals surface area contributed by atoms with Crippen LogP contribution in [-0.2, 0) is 13.0 Å². The number of imidazole rings is 1. The molecule has 1 aromatic heterocycles. The second-order valence-electron chi connectivity index (χ2n) is 6.57. The highest BCUT2D eigenvalue weighted by atomic mass is 16.6. The van der Waals surface area contributed by atoms with E-state index in [0.29, 0.717) is 13.2 Å². The van der Waals surface area contributed by atoms with E-state index in [4.69, 9.17) is 14.5 Å². The van der Waals surface area contributed by atoms with Crippen molar-refractivity contribution in [3.63, 3.8) is 0 Å². The minimum absolute atomic E-state index is 0.621. The van der Waals surface area contributed by atoms with Crippen molar-refractivity contribution in [1.82, 2.24) is 14.9 Å². The van der Waals surface area contributed by atoms with E-state index >= 15 is 0 Å². The fourth-order valence-electron chi connectivity index (χ4n) is 3.65. The topological polar surface area (TPSA) is 48.3 Å². The average Bonchev–Trinajstić information content (AvgIpc) is 2.91. The maximum Gasteiger partial charge on any atom is 0.163 e. The summed E-state index contributed by atoms with van der Waals surface area (Å²) >= 11 is 0. The van der Waals surface area contributed by atoms with Crippen LogP contribution >= 0.6 is 0 Å². The lowest BCUT2D eigenvalue weighted by Gasteiger charge is -2.24. The van der Waals surface area contributed by atoms with Gasteiger partial charge in [-0.15, -0.1) is 0 Å². The van der Waals surface area contributed by atoms with Crippen molar-refractivity contribution in [2.24, 2.45) is 5.92 Å². The smallest absolute Gasteiger partial charge is 0.163 e. The third-order valence-electron chi connectivity index (χ3n) is 4.86. The number of nitrogens with one attached hydrogen (secondary N) is 1. The zero-order chi connectivity index (χ0) is 15.6. The molecule has 0 spiro atoms. The van der Waals surface area contributed by atoms with Crippen LogP contribution < -0.4 is 14.8 Å². The van der Waals surface area contributed by atoms with Crippen molar-refractivity contribution in [3.05, 3.63) is 18.0 Å². The van der Waals surface area contributed by atoms with Gasteiger partial charge in [0.1, 0.15) is 19.0 Å². The second kappa shape index (κ2) is 6.40. The first-order chi connectivity index (χ1) is 11.3. The summed E-state index contributed by atoms with van der Waals surface area (Å²) < 4.78 is 13.9. The van der Waals surface area contributed by atoms with Gasteiger partial charge in [0.05, 0.1) is 11.0 Å². The van der Waals surface area contributed by atoms with E-state index in [0.717, 1.165) is 55.4 Å². The van der Waals surface area contributed by atoms with Gasteiger partial charge in [0.25, 0.3) is 0 Å². The van der Waals surface area contributed by atoms with Gasteiger partial charge in [0.15, 0.2) is 11.5 Å². The summed E-state index contributed by atoms with van der Waals surface area (Å²) in [7, 11) is 0. The largest absolute Gasteiger partial charge is 0.486 e. The van der Waals surface area contributed by atoms with E-state index < -0.39 is 0 Å². The Bertz CT molecular complexity index is 689. The number of nitrogens with zero attached hydrogens (tertiary/aromatic N) is 2. The number of fused-ring (bicyclic) bond motifs is 2. The summed E-state index contributed by atoms with van der Waals surface area (Å²) in [6, 6.07) is 4.17. The van der Waals surface area contributed by atoms with E-state index in [-0.39, 0.29) is 0 Å². The summed E-state index contributed by atoms with van der Waals surface area (Å²) in [6.07, 6.45) is 4.62. The molecule has 23 heavy (non-hydrogen) atoms. The van der Waals surface area contributed by atoms with Crippen LogP contribution in [0, 0.1) is 5.92 Å². The van der Waals surface area contributed by atoms with Gasteiger partial charge in [-0.2, -0.15) is 0 Å². The fraction of sp³-hybridized carbons (Fsp3) is 0.611. The van der Waals surface area contributed by atoms with Crippen molar-refractivity contribution in [2.45, 2.75) is 39.2 Å². The predicted octanol–water partition coefficient (Wildman–Crippen LogP) is 2.76. The molecule has 5 heteroatoms. The molecular formula is C18H25N3O2. The van der Waals surface area contributed by atoms with Crippen molar-refractivity contribution in [3.8, 4) is 11.5 Å². The molecule has 0 unspecified atom stereocenters. The molecule has 1 N–H and O–H groups in total. The van der Waals surface area contributed by atoms with Gasteiger partial charge in [-0.05, 0) is 38.3 Å². The molecule has 2 aliphatic rings. The van der Waals surface area contributed by atoms with Gasteiger partial charge in [0, 0.05) is 25.1 Å². The minimum atomic E-state index is 0.621. The molecule has 0 radical (unpaired) electrons. The minimum Gasteiger partial charge on any atom is -0.486 e. The first kappa shape index (κ1) is 14.8. The third kappa shape index (κ3) is 2.90. The predicted molar refractivity (Wildman–Crippen MR) is 90.3 cm³/mol. The summed E-state index contributed by atoms with van der Waals surface area (Å²) in [5.74, 6) is 3.62. The second-order valence-corrected chi connectivity index (χ2v) is 6.57. The van der Waals surface area contributed by atoms with Crippen LogP contribution in [0.4, 0.5) is 0 Å². The van der Waals surface area contributed by atoms with Crippen LogP contribution in [-0.4, -0.2) is 35.9 Å². The highest BCUT2D eigenvalue weighted by Gasteiger charge is 2.20. The molecular weight excluding hydrogens is 290 g/mol. The lowest BCUT2D eigenvalue weighted by molar-refractivity contribution is 0.172. The molecule has 0 aliphatic carbocycles. The van der Waals surface area contributed by atoms with Crippen LogP contribution in [0.25, 0.3) is 11.0 Å². The molecule has 0 atom stereocenters. The molecule has 2 aliphatic heterocycles. The monoisotopic (exact) mass is 315 g/mol. The van der Waals surface area contributed by atoms with Crippen LogP contribution in [0.5, 0.6) is 11.5 Å². The van der Waals surface area contributed by atoms with Crippen molar-refractivity contribution in [2.75, 3.05) is 26.3 Å². The SMILES string of the molecule is CCCc1nc2cc3c(cc2n1CC1CCNCC1)OCCO3. The first-order valence-electron chi connectivity index (χ1n) is 8.84. The zero-order valence-corrected chi connectivity index (χ0v) is 13.8. The molecule has 2 aromatic rings. The summed E-state index contributed by atoms with van der Waals surface area (Å²) in [5, 5.41) is 3.45. The Labute approximate surface area is 137 Å². The van der Waals surface area contributed by atoms with Gasteiger partial charge < -0.3 is 19.4 Å². The number of aromatic nitrogens is 2. The van der Waals surface area contributed by atoms with E-state index in [9.17, 15) is 0 Å². The molecule has 124 valence electrons. The molecule has 5 nitrogen and oxygen atoms in total. The average molecular weight is 315 g/mol. The molecule has 1 fully saturated rings. The Morgan fingerprint density at radius 2 is 1.91 bits per heavy atom. The lowest BCUT2D eigenvalue weighted by Crippen LogP contribution is -2.30. The number of ether oxygens (including phenoxy) is 2. The quantitative estimate of drug-likeness (QED) is 0.942. The maximum absolute atomic E-state index is 5.77. The zero-order valence-electron chi connectivity index (χ0n) is 13.8. The third-order valence-corrected chi connectivity index (χ3v) is 4.86. The lowest BCUT2D eigenvalue weighted by atomic mass is 9.98. The van der Waals surface area contributed by atoms with Crippen molar-refractivity contribution < 1.29 is 9.47 Å². The molecule has 0 bridgehead atoms. The molecule has 4 rings (SSSR count). The Balaban J connectivity index is 1.73. The Morgan fingerprint density at radius 1 is 1.17 bits per heavy atom. The Kier molecular flexibility index (Phi) is 4.12. The van der Waals surface area contributed by atoms with E-state index in [2.05, 4.69) is 22.9 Å². The van der Waals surface area contributed by atoms with Gasteiger partial charge >= 0.3 is 0 Å². The van der Waals surface area contributed by atoms with Crippen molar-refractivity contribution in [1.29, 1.82) is 0 Å². The summed E-state index contributed by atoms with van der Waals surface area (Å²) in [6.45, 7) is 6.79. The maximum atomic E-state index is 5.77. The van der Waals surface area contributed by atoms with E-state index in [1.807, 2.05) is 6.07 Å². The van der Waals surface area contributed by atoms with E-state index in [1.165, 1.54) is 24.2 Å². The van der Waals surface area contributed by atoms with Crippen LogP contribution in [0.15, 0.2) is 12.1 Å². The van der Waals surface area contributed by atoms with E-state index in [1.54, 1.807) is 0 Å². The van der Waals surface area contributed by atoms with Gasteiger partial charge in [-0.25, -0.2) is 4.98 Å². The highest BCUT2D eigenvalue weighted by Crippen LogP contribution is 2.35. The molecule has 1 aromatic carbocycles. The summed E-state index contributed by atoms with van der Waals surface area (Å²) in [5.41, 5.74) is 2.22. The number of hydrogen-bond acceptors (Lipinski definition) is 4. The highest BCUT2D eigenvalue weighted by molar-refractivity contribution is 5.80. The number of hydrogen-bond donors (Lipinski definition) is 1. The first-order valence-corrected chi connectivity index (χ1v) is 8.84. The van der Waals surface area contributed by atoms with Gasteiger partial charge in [-0.1, -0.05) is 6.92 Å². The fourth-order valence-corrected chi connectivity index (χ4v) is 3.65. The van der Waals surface area contributed by atoms with Crippen LogP contribution in [0.2, 0.25) is 0 Å². The number of rotatable bonds is 4. The molecule has 0 saturated carbocycles. The van der Waals surface area contributed by atoms with Gasteiger partial charge in [0.2, 0.25) is 0 Å². The number of piperidine rings is 1.